The van der Waals surface area contributed by atoms with E-state index in [9.17, 15) is 22.4 Å². The number of rotatable bonds is 4. The first-order valence-corrected chi connectivity index (χ1v) is 10.1. The highest BCUT2D eigenvalue weighted by Crippen LogP contribution is 2.37. The quantitative estimate of drug-likeness (QED) is 0.461. The zero-order valence-corrected chi connectivity index (χ0v) is 17.5. The number of hydrogen-bond donors (Lipinski definition) is 1. The van der Waals surface area contributed by atoms with Gasteiger partial charge >= 0.3 is 0 Å². The van der Waals surface area contributed by atoms with Gasteiger partial charge in [-0.25, -0.2) is 32.0 Å². The number of nitrogens with zero attached hydrogens (tertiary/aromatic N) is 5. The number of oxazole rings is 1. The standard InChI is InChI=1S/C21H18F4N6O2/c1-21(2,25)20-28-15(18(23)24)17(33-20)19(32)30-7-5-11-14(27-9-26-11)16(30)12-8-13-10(22)4-3-6-31(13)29-12/h3-4,6,8-9,16,18H,5,7H2,1-2H3,(H,26,27)/t16-/m1/s1. The lowest BCUT2D eigenvalue weighted by Gasteiger charge is -2.33. The van der Waals surface area contributed by atoms with Crippen molar-refractivity contribution in [3.63, 3.8) is 0 Å². The second-order valence-electron chi connectivity index (χ2n) is 8.18. The molecule has 5 rings (SSSR count). The van der Waals surface area contributed by atoms with E-state index in [-0.39, 0.29) is 17.8 Å². The molecule has 1 N–H and O–H groups in total. The van der Waals surface area contributed by atoms with Crippen LogP contribution in [0, 0.1) is 5.82 Å². The molecule has 12 heteroatoms. The number of nitrogens with one attached hydrogen (secondary N) is 1. The molecule has 33 heavy (non-hydrogen) atoms. The summed E-state index contributed by atoms with van der Waals surface area (Å²) in [5, 5.41) is 4.38. The van der Waals surface area contributed by atoms with E-state index in [0.29, 0.717) is 12.1 Å². The molecule has 1 amide bonds. The van der Waals surface area contributed by atoms with E-state index >= 15 is 0 Å². The molecule has 0 saturated heterocycles. The maximum absolute atomic E-state index is 14.3. The van der Waals surface area contributed by atoms with Gasteiger partial charge < -0.3 is 14.3 Å². The first-order chi connectivity index (χ1) is 15.6. The molecule has 0 aromatic carbocycles. The Morgan fingerprint density at radius 3 is 2.85 bits per heavy atom. The predicted molar refractivity (Wildman–Crippen MR) is 106 cm³/mol. The molecule has 0 fully saturated rings. The van der Waals surface area contributed by atoms with Gasteiger partial charge in [-0.1, -0.05) is 0 Å². The molecular weight excluding hydrogens is 444 g/mol. The largest absolute Gasteiger partial charge is 0.431 e. The van der Waals surface area contributed by atoms with Gasteiger partial charge in [0.05, 0.1) is 17.7 Å². The molecular formula is C21H18F4N6O2. The van der Waals surface area contributed by atoms with E-state index < -0.39 is 47.2 Å². The Kier molecular flexibility index (Phi) is 4.76. The summed E-state index contributed by atoms with van der Waals surface area (Å²) < 4.78 is 62.5. The maximum Gasteiger partial charge on any atom is 0.292 e. The lowest BCUT2D eigenvalue weighted by atomic mass is 9.99. The third-order valence-corrected chi connectivity index (χ3v) is 5.50. The zero-order valence-electron chi connectivity index (χ0n) is 17.5. The number of hydrogen-bond acceptors (Lipinski definition) is 5. The molecule has 0 spiro atoms. The van der Waals surface area contributed by atoms with E-state index in [2.05, 4.69) is 20.1 Å². The summed E-state index contributed by atoms with van der Waals surface area (Å²) >= 11 is 0. The fourth-order valence-corrected chi connectivity index (χ4v) is 3.95. The Morgan fingerprint density at radius 1 is 1.36 bits per heavy atom. The topological polar surface area (TPSA) is 92.3 Å². The van der Waals surface area contributed by atoms with Crippen molar-refractivity contribution in [2.45, 2.75) is 38.4 Å². The number of carbonyl (C=O) groups is 1. The monoisotopic (exact) mass is 462 g/mol. The Morgan fingerprint density at radius 2 is 2.15 bits per heavy atom. The van der Waals surface area contributed by atoms with Gasteiger partial charge in [0.15, 0.2) is 11.4 Å². The van der Waals surface area contributed by atoms with Crippen LogP contribution in [0.4, 0.5) is 17.6 Å². The molecule has 8 nitrogen and oxygen atoms in total. The number of aromatic nitrogens is 5. The first kappa shape index (κ1) is 21.2. The van der Waals surface area contributed by atoms with Crippen LogP contribution in [0.25, 0.3) is 5.52 Å². The average Bonchev–Trinajstić information content (AvgIpc) is 3.49. The lowest BCUT2D eigenvalue weighted by molar-refractivity contribution is 0.0630. The molecule has 1 aliphatic heterocycles. The third-order valence-electron chi connectivity index (χ3n) is 5.50. The average molecular weight is 462 g/mol. The molecule has 4 aromatic heterocycles. The molecule has 0 radical (unpaired) electrons. The maximum atomic E-state index is 14.3. The Hall–Kier alpha value is -3.70. The predicted octanol–water partition coefficient (Wildman–Crippen LogP) is 4.11. The molecule has 0 aliphatic carbocycles. The molecule has 1 atom stereocenters. The van der Waals surface area contributed by atoms with E-state index in [1.165, 1.54) is 33.9 Å². The number of imidazole rings is 1. The van der Waals surface area contributed by atoms with Crippen LogP contribution in [0.3, 0.4) is 0 Å². The molecule has 172 valence electrons. The fourth-order valence-electron chi connectivity index (χ4n) is 3.95. The highest BCUT2D eigenvalue weighted by Gasteiger charge is 2.41. The van der Waals surface area contributed by atoms with Gasteiger partial charge in [-0.2, -0.15) is 5.10 Å². The number of halogens is 4. The second kappa shape index (κ2) is 7.42. The summed E-state index contributed by atoms with van der Waals surface area (Å²) in [7, 11) is 0. The van der Waals surface area contributed by atoms with Gasteiger partial charge in [-0.15, -0.1) is 0 Å². The van der Waals surface area contributed by atoms with Crippen molar-refractivity contribution in [1.82, 2.24) is 29.5 Å². The molecule has 5 heterocycles. The number of pyridine rings is 1. The van der Waals surface area contributed by atoms with Gasteiger partial charge in [0.25, 0.3) is 12.3 Å². The SMILES string of the molecule is CC(C)(F)c1nc(C(F)F)c(C(=O)N2CCc3[nH]cnc3[C@H]2c2cc3c(F)cccn3n2)o1. The van der Waals surface area contributed by atoms with Crippen molar-refractivity contribution in [3.05, 3.63) is 71.0 Å². The smallest absolute Gasteiger partial charge is 0.292 e. The van der Waals surface area contributed by atoms with Crippen molar-refractivity contribution in [2.24, 2.45) is 0 Å². The second-order valence-corrected chi connectivity index (χ2v) is 8.18. The van der Waals surface area contributed by atoms with Crippen molar-refractivity contribution in [1.29, 1.82) is 0 Å². The lowest BCUT2D eigenvalue weighted by Crippen LogP contribution is -2.41. The molecule has 0 bridgehead atoms. The number of fused-ring (bicyclic) bond motifs is 2. The highest BCUT2D eigenvalue weighted by atomic mass is 19.3. The Bertz CT molecular complexity index is 1350. The number of alkyl halides is 3. The van der Waals surface area contributed by atoms with Crippen LogP contribution in [-0.2, 0) is 12.1 Å². The fraction of sp³-hybridized carbons (Fsp3) is 0.333. The van der Waals surface area contributed by atoms with Crippen LogP contribution < -0.4 is 0 Å². The van der Waals surface area contributed by atoms with E-state index in [1.54, 1.807) is 6.20 Å². The number of carbonyl (C=O) groups excluding carboxylic acids is 1. The van der Waals surface area contributed by atoms with Crippen LogP contribution in [-0.4, -0.2) is 41.9 Å². The molecule has 4 aromatic rings. The summed E-state index contributed by atoms with van der Waals surface area (Å²) in [5.41, 5.74) is -1.46. The molecule has 0 saturated carbocycles. The van der Waals surface area contributed by atoms with Crippen molar-refractivity contribution >= 4 is 11.4 Å². The normalized spacial score (nSPS) is 16.6. The van der Waals surface area contributed by atoms with Gasteiger partial charge in [0.2, 0.25) is 11.7 Å². The number of aromatic amines is 1. The van der Waals surface area contributed by atoms with Crippen LogP contribution in [0.5, 0.6) is 0 Å². The summed E-state index contributed by atoms with van der Waals surface area (Å²) in [6, 6.07) is 3.30. The van der Waals surface area contributed by atoms with Crippen LogP contribution >= 0.6 is 0 Å². The first-order valence-electron chi connectivity index (χ1n) is 10.1. The van der Waals surface area contributed by atoms with E-state index in [4.69, 9.17) is 4.42 Å². The van der Waals surface area contributed by atoms with Crippen LogP contribution in [0.2, 0.25) is 0 Å². The third kappa shape index (κ3) is 3.45. The van der Waals surface area contributed by atoms with Crippen molar-refractivity contribution in [3.8, 4) is 0 Å². The van der Waals surface area contributed by atoms with Crippen LogP contribution in [0.15, 0.2) is 35.1 Å². The zero-order chi connectivity index (χ0) is 23.5. The Labute approximate surface area is 184 Å². The van der Waals surface area contributed by atoms with Crippen LogP contribution in [0.1, 0.15) is 65.5 Å². The van der Waals surface area contributed by atoms with Crippen molar-refractivity contribution in [2.75, 3.05) is 6.54 Å². The molecule has 1 aliphatic rings. The summed E-state index contributed by atoms with van der Waals surface area (Å²) in [4.78, 5) is 25.5. The summed E-state index contributed by atoms with van der Waals surface area (Å²) in [5.74, 6) is -2.80. The minimum absolute atomic E-state index is 0.104. The van der Waals surface area contributed by atoms with Gasteiger partial charge in [-0.3, -0.25) is 4.79 Å². The summed E-state index contributed by atoms with van der Waals surface area (Å²) in [6.07, 6.45) is 0.199. The van der Waals surface area contributed by atoms with E-state index in [1.807, 2.05) is 0 Å². The van der Waals surface area contributed by atoms with E-state index in [0.717, 1.165) is 19.5 Å². The number of H-pyrrole nitrogens is 1. The molecule has 0 unspecified atom stereocenters. The number of amides is 1. The summed E-state index contributed by atoms with van der Waals surface area (Å²) in [6.45, 7) is 2.28. The Balaban J connectivity index is 1.63. The van der Waals surface area contributed by atoms with Gasteiger partial charge in [-0.05, 0) is 32.0 Å². The van der Waals surface area contributed by atoms with Crippen molar-refractivity contribution < 1.29 is 26.8 Å². The van der Waals surface area contributed by atoms with Gasteiger partial charge in [0.1, 0.15) is 17.4 Å². The minimum atomic E-state index is -3.16. The van der Waals surface area contributed by atoms with Gasteiger partial charge in [0, 0.05) is 24.9 Å². The highest BCUT2D eigenvalue weighted by molar-refractivity contribution is 5.93. The minimum Gasteiger partial charge on any atom is -0.431 e.